The third-order valence-electron chi connectivity index (χ3n) is 1.79. The minimum absolute atomic E-state index is 0.153. The second kappa shape index (κ2) is 3.01. The highest BCUT2D eigenvalue weighted by atomic mass is 32.2. The molecule has 0 fully saturated rings. The molecule has 0 amide bonds. The number of hydrogen-bond acceptors (Lipinski definition) is 4. The van der Waals surface area contributed by atoms with Gasteiger partial charge < -0.3 is 0 Å². The topological polar surface area (TPSA) is 73.0 Å². The predicted molar refractivity (Wildman–Crippen MR) is 55.7 cm³/mol. The van der Waals surface area contributed by atoms with Crippen LogP contribution in [0.15, 0.2) is 23.1 Å². The molecular weight excluding hydrogens is 220 g/mol. The number of benzene rings is 1. The van der Waals surface area contributed by atoms with Crippen LogP contribution in [0.25, 0.3) is 10.2 Å². The molecule has 4 nitrogen and oxygen atoms in total. The minimum atomic E-state index is -3.65. The number of aromatic nitrogens is 1. The lowest BCUT2D eigenvalue weighted by molar-refractivity contribution is 0.599. The first-order valence-electron chi connectivity index (χ1n) is 3.87. The van der Waals surface area contributed by atoms with Crippen LogP contribution in [0.3, 0.4) is 0 Å². The van der Waals surface area contributed by atoms with Crippen molar-refractivity contribution in [1.82, 2.24) is 4.98 Å². The maximum atomic E-state index is 11.2. The van der Waals surface area contributed by atoms with Gasteiger partial charge in [-0.15, -0.1) is 11.3 Å². The molecule has 0 saturated carbocycles. The maximum absolute atomic E-state index is 11.2. The third kappa shape index (κ3) is 1.52. The summed E-state index contributed by atoms with van der Waals surface area (Å²) in [6, 6.07) is 4.91. The van der Waals surface area contributed by atoms with E-state index < -0.39 is 10.0 Å². The Morgan fingerprint density at radius 1 is 1.43 bits per heavy atom. The summed E-state index contributed by atoms with van der Waals surface area (Å²) in [5.74, 6) is 0. The zero-order valence-corrected chi connectivity index (χ0v) is 9.02. The predicted octanol–water partition coefficient (Wildman–Crippen LogP) is 1.25. The number of nitrogens with two attached hydrogens (primary N) is 1. The van der Waals surface area contributed by atoms with E-state index >= 15 is 0 Å². The van der Waals surface area contributed by atoms with Crippen LogP contribution < -0.4 is 5.14 Å². The summed E-state index contributed by atoms with van der Waals surface area (Å²) in [4.78, 5) is 4.34. The third-order valence-corrected chi connectivity index (χ3v) is 3.89. The second-order valence-corrected chi connectivity index (χ2v) is 5.62. The Morgan fingerprint density at radius 2 is 2.14 bits per heavy atom. The van der Waals surface area contributed by atoms with Crippen LogP contribution in [-0.4, -0.2) is 13.4 Å². The molecule has 6 heteroatoms. The lowest BCUT2D eigenvalue weighted by Gasteiger charge is -1.97. The van der Waals surface area contributed by atoms with Gasteiger partial charge in [0.1, 0.15) is 4.90 Å². The SMILES string of the molecule is Cc1nc2cccc(S(N)(=O)=O)c2s1. The number of rotatable bonds is 1. The van der Waals surface area contributed by atoms with Crippen LogP contribution in [-0.2, 0) is 10.0 Å². The molecule has 0 atom stereocenters. The van der Waals surface area contributed by atoms with E-state index in [9.17, 15) is 8.42 Å². The summed E-state index contributed by atoms with van der Waals surface area (Å²) in [5, 5.41) is 5.91. The van der Waals surface area contributed by atoms with Gasteiger partial charge in [0.05, 0.1) is 15.2 Å². The molecule has 0 bridgehead atoms. The Morgan fingerprint density at radius 3 is 2.79 bits per heavy atom. The molecular formula is C8H8N2O2S2. The highest BCUT2D eigenvalue weighted by molar-refractivity contribution is 7.89. The smallest absolute Gasteiger partial charge is 0.239 e. The van der Waals surface area contributed by atoms with Gasteiger partial charge in [0.2, 0.25) is 10.0 Å². The number of sulfonamides is 1. The average Bonchev–Trinajstić information content (AvgIpc) is 2.41. The summed E-state index contributed by atoms with van der Waals surface area (Å²) >= 11 is 1.34. The van der Waals surface area contributed by atoms with E-state index in [1.165, 1.54) is 17.4 Å². The van der Waals surface area contributed by atoms with Crippen molar-refractivity contribution in [1.29, 1.82) is 0 Å². The summed E-state index contributed by atoms with van der Waals surface area (Å²) in [6.45, 7) is 1.83. The molecule has 0 aliphatic carbocycles. The second-order valence-electron chi connectivity index (χ2n) is 2.88. The fourth-order valence-electron chi connectivity index (χ4n) is 1.26. The Bertz CT molecular complexity index is 586. The molecule has 0 radical (unpaired) electrons. The Balaban J connectivity index is 2.90. The molecule has 74 valence electrons. The molecule has 2 aromatic rings. The molecule has 2 rings (SSSR count). The molecule has 1 aromatic carbocycles. The van der Waals surface area contributed by atoms with Crippen molar-refractivity contribution in [3.8, 4) is 0 Å². The van der Waals surface area contributed by atoms with Crippen molar-refractivity contribution in [2.24, 2.45) is 5.14 Å². The van der Waals surface area contributed by atoms with Crippen LogP contribution in [0.5, 0.6) is 0 Å². The molecule has 0 spiro atoms. The van der Waals surface area contributed by atoms with Gasteiger partial charge in [0.25, 0.3) is 0 Å². The van der Waals surface area contributed by atoms with Gasteiger partial charge >= 0.3 is 0 Å². The summed E-state index contributed by atoms with van der Waals surface area (Å²) < 4.78 is 23.1. The van der Waals surface area contributed by atoms with Crippen molar-refractivity contribution in [2.75, 3.05) is 0 Å². The normalized spacial score (nSPS) is 12.1. The van der Waals surface area contributed by atoms with Crippen LogP contribution in [0.2, 0.25) is 0 Å². The number of nitrogens with zero attached hydrogens (tertiary/aromatic N) is 1. The first-order chi connectivity index (χ1) is 6.48. The van der Waals surface area contributed by atoms with Crippen LogP contribution in [0.1, 0.15) is 5.01 Å². The first kappa shape index (κ1) is 9.57. The standard InChI is InChI=1S/C8H8N2O2S2/c1-5-10-6-3-2-4-7(8(6)13-5)14(9,11)12/h2-4H,1H3,(H2,9,11,12). The monoisotopic (exact) mass is 228 g/mol. The fourth-order valence-corrected chi connectivity index (χ4v) is 3.19. The largest absolute Gasteiger partial charge is 0.241 e. The number of fused-ring (bicyclic) bond motifs is 1. The van der Waals surface area contributed by atoms with E-state index in [1.807, 2.05) is 6.92 Å². The van der Waals surface area contributed by atoms with E-state index in [4.69, 9.17) is 5.14 Å². The maximum Gasteiger partial charge on any atom is 0.239 e. The van der Waals surface area contributed by atoms with Crippen molar-refractivity contribution in [2.45, 2.75) is 11.8 Å². The van der Waals surface area contributed by atoms with Crippen molar-refractivity contribution < 1.29 is 8.42 Å². The van der Waals surface area contributed by atoms with Crippen molar-refractivity contribution in [3.63, 3.8) is 0 Å². The van der Waals surface area contributed by atoms with Crippen LogP contribution in [0, 0.1) is 6.92 Å². The molecule has 1 aromatic heterocycles. The van der Waals surface area contributed by atoms with Gasteiger partial charge in [0.15, 0.2) is 0 Å². The number of thiazole rings is 1. The molecule has 1 heterocycles. The first-order valence-corrected chi connectivity index (χ1v) is 6.24. The number of aryl methyl sites for hydroxylation is 1. The van der Waals surface area contributed by atoms with E-state index in [-0.39, 0.29) is 4.90 Å². The highest BCUT2D eigenvalue weighted by Crippen LogP contribution is 2.27. The van der Waals surface area contributed by atoms with Crippen LogP contribution >= 0.6 is 11.3 Å². The van der Waals surface area contributed by atoms with Gasteiger partial charge in [-0.1, -0.05) is 6.07 Å². The Kier molecular flexibility index (Phi) is 2.06. The van der Waals surface area contributed by atoms with Crippen molar-refractivity contribution in [3.05, 3.63) is 23.2 Å². The molecule has 2 N–H and O–H groups in total. The fraction of sp³-hybridized carbons (Fsp3) is 0.125. The zero-order chi connectivity index (χ0) is 10.3. The van der Waals surface area contributed by atoms with Gasteiger partial charge in [-0.2, -0.15) is 0 Å². The van der Waals surface area contributed by atoms with Gasteiger partial charge in [-0.3, -0.25) is 0 Å². The summed E-state index contributed by atoms with van der Waals surface area (Å²) in [6.07, 6.45) is 0. The van der Waals surface area contributed by atoms with Gasteiger partial charge in [-0.25, -0.2) is 18.5 Å². The molecule has 0 unspecified atom stereocenters. The van der Waals surface area contributed by atoms with Crippen LogP contribution in [0.4, 0.5) is 0 Å². The summed E-state index contributed by atoms with van der Waals surface area (Å²) in [7, 11) is -3.65. The van der Waals surface area contributed by atoms with E-state index in [1.54, 1.807) is 12.1 Å². The number of hydrogen-bond donors (Lipinski definition) is 1. The lowest BCUT2D eigenvalue weighted by atomic mass is 10.3. The van der Waals surface area contributed by atoms with E-state index in [0.29, 0.717) is 10.2 Å². The molecule has 0 aliphatic rings. The van der Waals surface area contributed by atoms with Gasteiger partial charge in [0, 0.05) is 0 Å². The van der Waals surface area contributed by atoms with E-state index in [2.05, 4.69) is 4.98 Å². The highest BCUT2D eigenvalue weighted by Gasteiger charge is 2.14. The molecule has 0 saturated heterocycles. The van der Waals surface area contributed by atoms with E-state index in [0.717, 1.165) is 5.01 Å². The quantitative estimate of drug-likeness (QED) is 0.798. The lowest BCUT2D eigenvalue weighted by Crippen LogP contribution is -2.11. The number of primary sulfonamides is 1. The van der Waals surface area contributed by atoms with Gasteiger partial charge in [-0.05, 0) is 19.1 Å². The Hall–Kier alpha value is -0.980. The van der Waals surface area contributed by atoms with Crippen molar-refractivity contribution >= 4 is 31.6 Å². The summed E-state index contributed by atoms with van der Waals surface area (Å²) in [5.41, 5.74) is 0.680. The average molecular weight is 228 g/mol. The zero-order valence-electron chi connectivity index (χ0n) is 7.39. The Labute approximate surface area is 85.4 Å². The molecule has 0 aliphatic heterocycles. The molecule has 14 heavy (non-hydrogen) atoms. The minimum Gasteiger partial charge on any atom is -0.241 e.